The fourth-order valence-electron chi connectivity index (χ4n) is 1.93. The number of nitrogens with two attached hydrogens (primary N) is 1. The van der Waals surface area contributed by atoms with Gasteiger partial charge in [-0.05, 0) is 30.9 Å². The predicted molar refractivity (Wildman–Crippen MR) is 80.4 cm³/mol. The summed E-state index contributed by atoms with van der Waals surface area (Å²) in [6.45, 7) is 4.43. The van der Waals surface area contributed by atoms with E-state index in [0.29, 0.717) is 17.9 Å². The number of nitrogens with zero attached hydrogens (tertiary/aromatic N) is 4. The molecular formula is C13H17N5OS. The molecular weight excluding hydrogens is 274 g/mol. The van der Waals surface area contributed by atoms with Crippen molar-refractivity contribution >= 4 is 23.0 Å². The number of anilines is 1. The second kappa shape index (κ2) is 5.87. The number of aromatic nitrogens is 2. The minimum absolute atomic E-state index is 0.0496. The fraction of sp³-hybridized carbons (Fsp3) is 0.308. The molecule has 3 N–H and O–H groups in total. The summed E-state index contributed by atoms with van der Waals surface area (Å²) in [5, 5.41) is 22.4. The second-order valence-electron chi connectivity index (χ2n) is 4.53. The van der Waals surface area contributed by atoms with Crippen molar-refractivity contribution in [2.24, 2.45) is 10.9 Å². The van der Waals surface area contributed by atoms with Crippen molar-refractivity contribution in [1.82, 2.24) is 10.2 Å². The minimum atomic E-state index is 0.0496. The van der Waals surface area contributed by atoms with Crippen molar-refractivity contribution in [3.05, 3.63) is 39.2 Å². The van der Waals surface area contributed by atoms with Gasteiger partial charge in [0.15, 0.2) is 11.7 Å². The molecule has 0 aliphatic rings. The van der Waals surface area contributed by atoms with E-state index >= 15 is 0 Å². The molecule has 2 aromatic rings. The van der Waals surface area contributed by atoms with Gasteiger partial charge in [-0.1, -0.05) is 11.2 Å². The molecule has 0 aromatic carbocycles. The Kier molecular flexibility index (Phi) is 4.19. The van der Waals surface area contributed by atoms with Crippen molar-refractivity contribution < 1.29 is 5.21 Å². The SMILES string of the molecule is Cc1nnc(N(C)Cc2cccs2)c(/C(N)=N/O)c1C. The van der Waals surface area contributed by atoms with Crippen LogP contribution in [0, 0.1) is 13.8 Å². The summed E-state index contributed by atoms with van der Waals surface area (Å²) in [4.78, 5) is 3.15. The summed E-state index contributed by atoms with van der Waals surface area (Å²) in [6.07, 6.45) is 0. The van der Waals surface area contributed by atoms with Gasteiger partial charge in [-0.2, -0.15) is 5.10 Å². The molecule has 0 spiro atoms. The molecule has 0 aliphatic carbocycles. The van der Waals surface area contributed by atoms with Crippen LogP contribution in [0.4, 0.5) is 5.82 Å². The largest absolute Gasteiger partial charge is 0.409 e. The molecule has 0 atom stereocenters. The highest BCUT2D eigenvalue weighted by Crippen LogP contribution is 2.23. The molecule has 7 heteroatoms. The average Bonchev–Trinajstić information content (AvgIpc) is 2.93. The van der Waals surface area contributed by atoms with Gasteiger partial charge < -0.3 is 15.8 Å². The average molecular weight is 291 g/mol. The van der Waals surface area contributed by atoms with E-state index < -0.39 is 0 Å². The molecule has 0 amide bonds. The van der Waals surface area contributed by atoms with Crippen molar-refractivity contribution in [2.45, 2.75) is 20.4 Å². The lowest BCUT2D eigenvalue weighted by molar-refractivity contribution is 0.318. The first-order valence-electron chi connectivity index (χ1n) is 6.10. The van der Waals surface area contributed by atoms with E-state index in [4.69, 9.17) is 10.9 Å². The lowest BCUT2D eigenvalue weighted by atomic mass is 10.1. The number of amidine groups is 1. The van der Waals surface area contributed by atoms with Gasteiger partial charge in [-0.3, -0.25) is 0 Å². The molecule has 0 unspecified atom stereocenters. The van der Waals surface area contributed by atoms with Crippen molar-refractivity contribution in [2.75, 3.05) is 11.9 Å². The predicted octanol–water partition coefficient (Wildman–Crippen LogP) is 1.89. The van der Waals surface area contributed by atoms with E-state index in [2.05, 4.69) is 21.4 Å². The zero-order valence-corrected chi connectivity index (χ0v) is 12.5. The highest BCUT2D eigenvalue weighted by molar-refractivity contribution is 7.09. The van der Waals surface area contributed by atoms with Gasteiger partial charge in [0.25, 0.3) is 0 Å². The molecule has 106 valence electrons. The van der Waals surface area contributed by atoms with Crippen molar-refractivity contribution in [3.63, 3.8) is 0 Å². The molecule has 0 saturated carbocycles. The lowest BCUT2D eigenvalue weighted by Gasteiger charge is -2.21. The van der Waals surface area contributed by atoms with E-state index in [1.807, 2.05) is 37.2 Å². The Bertz CT molecular complexity index is 624. The van der Waals surface area contributed by atoms with Crippen LogP contribution in [0.25, 0.3) is 0 Å². The van der Waals surface area contributed by atoms with Crippen LogP contribution in [-0.2, 0) is 6.54 Å². The van der Waals surface area contributed by atoms with E-state index in [9.17, 15) is 0 Å². The van der Waals surface area contributed by atoms with Gasteiger partial charge in [0.05, 0.1) is 17.8 Å². The summed E-state index contributed by atoms with van der Waals surface area (Å²) in [5.74, 6) is 0.658. The fourth-order valence-corrected chi connectivity index (χ4v) is 2.69. The molecule has 2 aromatic heterocycles. The summed E-state index contributed by atoms with van der Waals surface area (Å²) in [5.41, 5.74) is 8.04. The van der Waals surface area contributed by atoms with Gasteiger partial charge in [-0.25, -0.2) is 0 Å². The van der Waals surface area contributed by atoms with Gasteiger partial charge in [0.2, 0.25) is 0 Å². The molecule has 0 fully saturated rings. The molecule has 0 saturated heterocycles. The van der Waals surface area contributed by atoms with Gasteiger partial charge in [-0.15, -0.1) is 16.4 Å². The summed E-state index contributed by atoms with van der Waals surface area (Å²) in [6, 6.07) is 4.06. The van der Waals surface area contributed by atoms with Crippen LogP contribution in [0.1, 0.15) is 21.7 Å². The number of hydrogen-bond donors (Lipinski definition) is 2. The first-order valence-corrected chi connectivity index (χ1v) is 6.97. The topological polar surface area (TPSA) is 87.6 Å². The Morgan fingerprint density at radius 1 is 1.45 bits per heavy atom. The smallest absolute Gasteiger partial charge is 0.174 e. The van der Waals surface area contributed by atoms with Crippen LogP contribution < -0.4 is 10.6 Å². The Balaban J connectivity index is 2.43. The van der Waals surface area contributed by atoms with Crippen molar-refractivity contribution in [3.8, 4) is 0 Å². The number of oxime groups is 1. The molecule has 6 nitrogen and oxygen atoms in total. The Labute approximate surface area is 121 Å². The zero-order valence-electron chi connectivity index (χ0n) is 11.7. The second-order valence-corrected chi connectivity index (χ2v) is 5.56. The minimum Gasteiger partial charge on any atom is -0.409 e. The molecule has 2 rings (SSSR count). The van der Waals surface area contributed by atoms with Crippen LogP contribution in [0.2, 0.25) is 0 Å². The van der Waals surface area contributed by atoms with E-state index in [0.717, 1.165) is 11.3 Å². The third kappa shape index (κ3) is 2.72. The molecule has 0 radical (unpaired) electrons. The normalized spacial score (nSPS) is 11.7. The highest BCUT2D eigenvalue weighted by Gasteiger charge is 2.18. The van der Waals surface area contributed by atoms with Gasteiger partial charge in [0, 0.05) is 11.9 Å². The van der Waals surface area contributed by atoms with Crippen LogP contribution in [-0.4, -0.2) is 28.3 Å². The summed E-state index contributed by atoms with van der Waals surface area (Å²) in [7, 11) is 1.91. The number of hydrogen-bond acceptors (Lipinski definition) is 6. The molecule has 2 heterocycles. The Hall–Kier alpha value is -2.15. The maximum atomic E-state index is 8.96. The number of thiophene rings is 1. The number of rotatable bonds is 4. The van der Waals surface area contributed by atoms with E-state index in [1.165, 1.54) is 4.88 Å². The third-order valence-electron chi connectivity index (χ3n) is 3.13. The van der Waals surface area contributed by atoms with Crippen LogP contribution >= 0.6 is 11.3 Å². The summed E-state index contributed by atoms with van der Waals surface area (Å²) >= 11 is 1.67. The van der Waals surface area contributed by atoms with Crippen LogP contribution in [0.5, 0.6) is 0 Å². The Morgan fingerprint density at radius 3 is 2.80 bits per heavy atom. The highest BCUT2D eigenvalue weighted by atomic mass is 32.1. The first-order chi connectivity index (χ1) is 9.54. The quantitative estimate of drug-likeness (QED) is 0.389. The third-order valence-corrected chi connectivity index (χ3v) is 4.00. The van der Waals surface area contributed by atoms with Crippen LogP contribution in [0.3, 0.4) is 0 Å². The number of aryl methyl sites for hydroxylation is 1. The van der Waals surface area contributed by atoms with Gasteiger partial charge >= 0.3 is 0 Å². The van der Waals surface area contributed by atoms with Crippen molar-refractivity contribution in [1.29, 1.82) is 0 Å². The Morgan fingerprint density at radius 2 is 2.20 bits per heavy atom. The van der Waals surface area contributed by atoms with Gasteiger partial charge in [0.1, 0.15) is 0 Å². The van der Waals surface area contributed by atoms with E-state index in [1.54, 1.807) is 11.3 Å². The standard InChI is InChI=1S/C13H17N5OS/c1-8-9(2)15-16-13(11(8)12(14)17-19)18(3)7-10-5-4-6-20-10/h4-6,19H,7H2,1-3H3,(H2,14,17). The summed E-state index contributed by atoms with van der Waals surface area (Å²) < 4.78 is 0. The first kappa shape index (κ1) is 14.3. The van der Waals surface area contributed by atoms with E-state index in [-0.39, 0.29) is 5.84 Å². The maximum absolute atomic E-state index is 8.96. The molecule has 20 heavy (non-hydrogen) atoms. The molecule has 0 bridgehead atoms. The zero-order chi connectivity index (χ0) is 14.7. The monoisotopic (exact) mass is 291 g/mol. The maximum Gasteiger partial charge on any atom is 0.174 e. The lowest BCUT2D eigenvalue weighted by Crippen LogP contribution is -2.25. The van der Waals surface area contributed by atoms with Crippen LogP contribution in [0.15, 0.2) is 22.7 Å². The molecule has 0 aliphatic heterocycles.